The van der Waals surface area contributed by atoms with Crippen molar-refractivity contribution in [3.05, 3.63) is 37.2 Å². The molecule has 0 fully saturated rings. The lowest BCUT2D eigenvalue weighted by Gasteiger charge is -2.06. The quantitative estimate of drug-likeness (QED) is 0.748. The number of hydrogen-bond acceptors (Lipinski definition) is 4. The first-order valence-electron chi connectivity index (χ1n) is 5.86. The molecule has 0 saturated heterocycles. The molecule has 3 aromatic heterocycles. The maximum absolute atomic E-state index is 5.92. The third kappa shape index (κ3) is 1.92. The SMILES string of the molecule is Nc1nc2cnccc2n1CCCn1ccnc1. The van der Waals surface area contributed by atoms with E-state index in [1.165, 1.54) is 0 Å². The Balaban J connectivity index is 1.76. The fourth-order valence-corrected chi connectivity index (χ4v) is 2.07. The molecule has 0 radical (unpaired) electrons. The topological polar surface area (TPSA) is 74.5 Å². The fraction of sp³-hybridized carbons (Fsp3) is 0.250. The van der Waals surface area contributed by atoms with Gasteiger partial charge in [0.15, 0.2) is 0 Å². The smallest absolute Gasteiger partial charge is 0.201 e. The number of fused-ring (bicyclic) bond motifs is 1. The summed E-state index contributed by atoms with van der Waals surface area (Å²) in [6, 6.07) is 1.94. The molecule has 0 aliphatic carbocycles. The van der Waals surface area contributed by atoms with E-state index < -0.39 is 0 Å². The molecule has 6 nitrogen and oxygen atoms in total. The van der Waals surface area contributed by atoms with Gasteiger partial charge in [-0.25, -0.2) is 9.97 Å². The molecule has 0 unspecified atom stereocenters. The first-order valence-corrected chi connectivity index (χ1v) is 5.86. The standard InChI is InChI=1S/C12H14N6/c13-12-16-10-8-14-3-2-11(10)18(12)6-1-5-17-7-4-15-9-17/h2-4,7-9H,1,5-6H2,(H2,13,16). The van der Waals surface area contributed by atoms with Gasteiger partial charge in [0.2, 0.25) is 5.95 Å². The summed E-state index contributed by atoms with van der Waals surface area (Å²) in [7, 11) is 0. The molecule has 0 bridgehead atoms. The Hall–Kier alpha value is -2.37. The van der Waals surface area contributed by atoms with Crippen LogP contribution in [0.4, 0.5) is 5.95 Å². The van der Waals surface area contributed by atoms with Gasteiger partial charge in [0.1, 0.15) is 5.52 Å². The normalized spacial score (nSPS) is 11.1. The first-order chi connectivity index (χ1) is 8.84. The number of imidazole rings is 2. The summed E-state index contributed by atoms with van der Waals surface area (Å²) in [5.41, 5.74) is 7.80. The zero-order chi connectivity index (χ0) is 12.4. The second-order valence-electron chi connectivity index (χ2n) is 4.14. The Kier molecular flexibility index (Phi) is 2.68. The van der Waals surface area contributed by atoms with Crippen LogP contribution in [0.2, 0.25) is 0 Å². The van der Waals surface area contributed by atoms with Crippen molar-refractivity contribution in [3.8, 4) is 0 Å². The van der Waals surface area contributed by atoms with E-state index in [1.807, 2.05) is 23.2 Å². The number of aryl methyl sites for hydroxylation is 2. The fourth-order valence-electron chi connectivity index (χ4n) is 2.07. The largest absolute Gasteiger partial charge is 0.369 e. The maximum Gasteiger partial charge on any atom is 0.201 e. The van der Waals surface area contributed by atoms with Gasteiger partial charge >= 0.3 is 0 Å². The van der Waals surface area contributed by atoms with E-state index in [9.17, 15) is 0 Å². The third-order valence-corrected chi connectivity index (χ3v) is 2.94. The Morgan fingerprint density at radius 1 is 1.17 bits per heavy atom. The number of nitrogen functional groups attached to an aromatic ring is 1. The van der Waals surface area contributed by atoms with Gasteiger partial charge in [-0.15, -0.1) is 0 Å². The number of anilines is 1. The van der Waals surface area contributed by atoms with E-state index in [2.05, 4.69) is 19.5 Å². The molecule has 0 atom stereocenters. The number of nitrogens with two attached hydrogens (primary N) is 1. The summed E-state index contributed by atoms with van der Waals surface area (Å²) in [5, 5.41) is 0. The van der Waals surface area contributed by atoms with E-state index in [0.29, 0.717) is 5.95 Å². The average Bonchev–Trinajstić information content (AvgIpc) is 2.98. The Morgan fingerprint density at radius 2 is 2.11 bits per heavy atom. The lowest BCUT2D eigenvalue weighted by molar-refractivity contribution is 0.575. The summed E-state index contributed by atoms with van der Waals surface area (Å²) in [6.07, 6.45) is 10.0. The van der Waals surface area contributed by atoms with Crippen LogP contribution in [0.25, 0.3) is 11.0 Å². The highest BCUT2D eigenvalue weighted by Gasteiger charge is 2.06. The number of hydrogen-bond donors (Lipinski definition) is 1. The monoisotopic (exact) mass is 242 g/mol. The Labute approximate surface area is 104 Å². The summed E-state index contributed by atoms with van der Waals surface area (Å²) >= 11 is 0. The molecule has 0 spiro atoms. The van der Waals surface area contributed by atoms with Gasteiger partial charge in [0.25, 0.3) is 0 Å². The van der Waals surface area contributed by atoms with Crippen LogP contribution in [0.3, 0.4) is 0 Å². The van der Waals surface area contributed by atoms with Gasteiger partial charge in [-0.3, -0.25) is 4.98 Å². The molecular weight excluding hydrogens is 228 g/mol. The van der Waals surface area contributed by atoms with E-state index in [4.69, 9.17) is 5.73 Å². The predicted molar refractivity (Wildman–Crippen MR) is 68.8 cm³/mol. The molecule has 18 heavy (non-hydrogen) atoms. The van der Waals surface area contributed by atoms with Gasteiger partial charge in [-0.2, -0.15) is 0 Å². The average molecular weight is 242 g/mol. The number of pyridine rings is 1. The van der Waals surface area contributed by atoms with Crippen molar-refractivity contribution < 1.29 is 0 Å². The second kappa shape index (κ2) is 4.48. The minimum atomic E-state index is 0.545. The molecule has 3 aromatic rings. The molecule has 0 amide bonds. The van der Waals surface area contributed by atoms with E-state index in [-0.39, 0.29) is 0 Å². The van der Waals surface area contributed by atoms with Crippen molar-refractivity contribution in [3.63, 3.8) is 0 Å². The minimum absolute atomic E-state index is 0.545. The number of nitrogens with zero attached hydrogens (tertiary/aromatic N) is 5. The van der Waals surface area contributed by atoms with Gasteiger partial charge in [-0.05, 0) is 12.5 Å². The van der Waals surface area contributed by atoms with Crippen LogP contribution >= 0.6 is 0 Å². The Bertz CT molecular complexity index is 640. The van der Waals surface area contributed by atoms with Crippen LogP contribution < -0.4 is 5.73 Å². The van der Waals surface area contributed by atoms with E-state index >= 15 is 0 Å². The number of aromatic nitrogens is 5. The van der Waals surface area contributed by atoms with Crippen LogP contribution in [-0.2, 0) is 13.1 Å². The molecule has 0 aliphatic rings. The zero-order valence-corrected chi connectivity index (χ0v) is 9.90. The van der Waals surface area contributed by atoms with Crippen molar-refractivity contribution in [2.75, 3.05) is 5.73 Å². The van der Waals surface area contributed by atoms with Crippen molar-refractivity contribution in [1.29, 1.82) is 0 Å². The summed E-state index contributed by atoms with van der Waals surface area (Å²) in [6.45, 7) is 1.76. The Morgan fingerprint density at radius 3 is 2.94 bits per heavy atom. The van der Waals surface area contributed by atoms with Crippen molar-refractivity contribution in [1.82, 2.24) is 24.1 Å². The van der Waals surface area contributed by atoms with E-state index in [0.717, 1.165) is 30.5 Å². The minimum Gasteiger partial charge on any atom is -0.369 e. The maximum atomic E-state index is 5.92. The molecule has 0 saturated carbocycles. The highest BCUT2D eigenvalue weighted by atomic mass is 15.2. The first kappa shape index (κ1) is 10.8. The molecule has 3 heterocycles. The van der Waals surface area contributed by atoms with Crippen molar-refractivity contribution >= 4 is 17.0 Å². The molecule has 2 N–H and O–H groups in total. The van der Waals surface area contributed by atoms with Crippen LogP contribution in [0.1, 0.15) is 6.42 Å². The summed E-state index contributed by atoms with van der Waals surface area (Å²) < 4.78 is 4.07. The summed E-state index contributed by atoms with van der Waals surface area (Å²) in [5.74, 6) is 0.545. The molecule has 0 aliphatic heterocycles. The lowest BCUT2D eigenvalue weighted by Crippen LogP contribution is -2.06. The molecular formula is C12H14N6. The van der Waals surface area contributed by atoms with Crippen molar-refractivity contribution in [2.45, 2.75) is 19.5 Å². The number of rotatable bonds is 4. The van der Waals surface area contributed by atoms with Gasteiger partial charge in [-0.1, -0.05) is 0 Å². The zero-order valence-electron chi connectivity index (χ0n) is 9.90. The molecule has 0 aromatic carbocycles. The van der Waals surface area contributed by atoms with Gasteiger partial charge in [0, 0.05) is 31.7 Å². The third-order valence-electron chi connectivity index (χ3n) is 2.94. The van der Waals surface area contributed by atoms with E-state index in [1.54, 1.807) is 18.6 Å². The summed E-state index contributed by atoms with van der Waals surface area (Å²) in [4.78, 5) is 12.3. The molecule has 92 valence electrons. The lowest BCUT2D eigenvalue weighted by atomic mass is 10.3. The predicted octanol–water partition coefficient (Wildman–Crippen LogP) is 1.30. The van der Waals surface area contributed by atoms with Crippen LogP contribution in [0.5, 0.6) is 0 Å². The van der Waals surface area contributed by atoms with Crippen LogP contribution in [0, 0.1) is 0 Å². The van der Waals surface area contributed by atoms with Crippen molar-refractivity contribution in [2.24, 2.45) is 0 Å². The van der Waals surface area contributed by atoms with Gasteiger partial charge < -0.3 is 14.9 Å². The highest BCUT2D eigenvalue weighted by molar-refractivity contribution is 5.76. The second-order valence-corrected chi connectivity index (χ2v) is 4.14. The molecule has 3 rings (SSSR count). The van der Waals surface area contributed by atoms with Crippen LogP contribution in [-0.4, -0.2) is 24.1 Å². The molecule has 6 heteroatoms. The highest BCUT2D eigenvalue weighted by Crippen LogP contribution is 2.16. The van der Waals surface area contributed by atoms with Crippen LogP contribution in [0.15, 0.2) is 37.2 Å². The van der Waals surface area contributed by atoms with Gasteiger partial charge in [0.05, 0.1) is 18.0 Å².